The number of amides is 1. The summed E-state index contributed by atoms with van der Waals surface area (Å²) >= 11 is 0. The molecule has 0 radical (unpaired) electrons. The standard InChI is InChI=1S/C14H13NO5/c16-13(11-5-6-12(20-11)14(17)18)15(9-3-4-9)8-10-2-1-7-19-10/h1-2,5-7,9H,3-4,8H2,(H,17,18). The van der Waals surface area contributed by atoms with Gasteiger partial charge >= 0.3 is 5.97 Å². The Hall–Kier alpha value is -2.50. The predicted molar refractivity (Wildman–Crippen MR) is 67.3 cm³/mol. The zero-order valence-corrected chi connectivity index (χ0v) is 10.6. The van der Waals surface area contributed by atoms with Crippen LogP contribution in [0.2, 0.25) is 0 Å². The Balaban J connectivity index is 1.79. The van der Waals surface area contributed by atoms with Crippen LogP contribution in [-0.2, 0) is 6.54 Å². The molecule has 1 saturated carbocycles. The molecule has 6 heteroatoms. The van der Waals surface area contributed by atoms with Gasteiger partial charge < -0.3 is 18.8 Å². The highest BCUT2D eigenvalue weighted by molar-refractivity contribution is 5.93. The van der Waals surface area contributed by atoms with E-state index in [2.05, 4.69) is 0 Å². The van der Waals surface area contributed by atoms with Gasteiger partial charge in [-0.3, -0.25) is 4.79 Å². The van der Waals surface area contributed by atoms with Crippen LogP contribution in [0.4, 0.5) is 0 Å². The third-order valence-corrected chi connectivity index (χ3v) is 3.18. The molecule has 1 aliphatic carbocycles. The quantitative estimate of drug-likeness (QED) is 0.905. The van der Waals surface area contributed by atoms with E-state index in [1.807, 2.05) is 0 Å². The maximum Gasteiger partial charge on any atom is 0.371 e. The van der Waals surface area contributed by atoms with Crippen molar-refractivity contribution in [1.29, 1.82) is 0 Å². The molecule has 1 aliphatic rings. The number of rotatable bonds is 5. The van der Waals surface area contributed by atoms with E-state index in [1.165, 1.54) is 12.1 Å². The van der Waals surface area contributed by atoms with Gasteiger partial charge in [-0.15, -0.1) is 0 Å². The molecule has 0 unspecified atom stereocenters. The first-order chi connectivity index (χ1) is 9.65. The van der Waals surface area contributed by atoms with E-state index < -0.39 is 5.97 Å². The fraction of sp³-hybridized carbons (Fsp3) is 0.286. The lowest BCUT2D eigenvalue weighted by Gasteiger charge is -2.19. The van der Waals surface area contributed by atoms with Gasteiger partial charge in [0.15, 0.2) is 5.76 Å². The SMILES string of the molecule is O=C(O)c1ccc(C(=O)N(Cc2ccco2)C2CC2)o1. The highest BCUT2D eigenvalue weighted by Gasteiger charge is 2.35. The molecule has 3 rings (SSSR count). The Morgan fingerprint density at radius 1 is 1.25 bits per heavy atom. The summed E-state index contributed by atoms with van der Waals surface area (Å²) in [7, 11) is 0. The number of hydrogen-bond acceptors (Lipinski definition) is 4. The van der Waals surface area contributed by atoms with Crippen LogP contribution in [-0.4, -0.2) is 27.9 Å². The van der Waals surface area contributed by atoms with Gasteiger partial charge in [-0.2, -0.15) is 0 Å². The summed E-state index contributed by atoms with van der Waals surface area (Å²) in [5.41, 5.74) is 0. The van der Waals surface area contributed by atoms with Crippen molar-refractivity contribution in [3.63, 3.8) is 0 Å². The Morgan fingerprint density at radius 3 is 2.55 bits per heavy atom. The van der Waals surface area contributed by atoms with Crippen molar-refractivity contribution in [3.05, 3.63) is 47.8 Å². The van der Waals surface area contributed by atoms with Crippen LogP contribution in [0.1, 0.15) is 39.7 Å². The lowest BCUT2D eigenvalue weighted by atomic mass is 10.3. The van der Waals surface area contributed by atoms with Gasteiger partial charge in [0.05, 0.1) is 12.8 Å². The molecule has 0 atom stereocenters. The largest absolute Gasteiger partial charge is 0.475 e. The number of carbonyl (C=O) groups excluding carboxylic acids is 1. The minimum Gasteiger partial charge on any atom is -0.475 e. The third kappa shape index (κ3) is 2.45. The molecule has 2 aromatic rings. The lowest BCUT2D eigenvalue weighted by molar-refractivity contribution is 0.0640. The zero-order valence-electron chi connectivity index (χ0n) is 10.6. The molecule has 104 valence electrons. The molecule has 0 spiro atoms. The average molecular weight is 275 g/mol. The lowest BCUT2D eigenvalue weighted by Crippen LogP contribution is -2.32. The van der Waals surface area contributed by atoms with Gasteiger partial charge in [0.25, 0.3) is 5.91 Å². The smallest absolute Gasteiger partial charge is 0.371 e. The van der Waals surface area contributed by atoms with Crippen LogP contribution in [0, 0.1) is 0 Å². The molecule has 2 heterocycles. The maximum atomic E-state index is 12.4. The average Bonchev–Trinajstić information content (AvgIpc) is 2.95. The monoisotopic (exact) mass is 275 g/mol. The maximum absolute atomic E-state index is 12.4. The number of carbonyl (C=O) groups is 2. The van der Waals surface area contributed by atoms with E-state index in [0.717, 1.165) is 12.8 Å². The van der Waals surface area contributed by atoms with E-state index in [0.29, 0.717) is 12.3 Å². The first kappa shape index (κ1) is 12.5. The number of carboxylic acid groups (broad SMARTS) is 1. The van der Waals surface area contributed by atoms with E-state index >= 15 is 0 Å². The molecule has 1 fully saturated rings. The summed E-state index contributed by atoms with van der Waals surface area (Å²) in [4.78, 5) is 24.8. The summed E-state index contributed by atoms with van der Waals surface area (Å²) in [6.45, 7) is 0.361. The molecule has 0 saturated heterocycles. The number of aromatic carboxylic acids is 1. The summed E-state index contributed by atoms with van der Waals surface area (Å²) in [6.07, 6.45) is 3.44. The Bertz CT molecular complexity index is 624. The Labute approximate surface area is 114 Å². The second-order valence-corrected chi connectivity index (χ2v) is 4.71. The number of furan rings is 2. The van der Waals surface area contributed by atoms with Crippen LogP contribution in [0.5, 0.6) is 0 Å². The third-order valence-electron chi connectivity index (χ3n) is 3.18. The predicted octanol–water partition coefficient (Wildman–Crippen LogP) is 2.38. The first-order valence-corrected chi connectivity index (χ1v) is 6.31. The van der Waals surface area contributed by atoms with Crippen molar-refractivity contribution in [2.75, 3.05) is 0 Å². The molecule has 6 nitrogen and oxygen atoms in total. The number of nitrogens with zero attached hydrogens (tertiary/aromatic N) is 1. The van der Waals surface area contributed by atoms with Gasteiger partial charge in [-0.25, -0.2) is 4.79 Å². The second-order valence-electron chi connectivity index (χ2n) is 4.71. The van der Waals surface area contributed by atoms with Crippen LogP contribution in [0.25, 0.3) is 0 Å². The van der Waals surface area contributed by atoms with Crippen molar-refractivity contribution >= 4 is 11.9 Å². The minimum absolute atomic E-state index is 0.0425. The highest BCUT2D eigenvalue weighted by atomic mass is 16.4. The van der Waals surface area contributed by atoms with Gasteiger partial charge in [-0.1, -0.05) is 0 Å². The number of carboxylic acids is 1. The molecule has 1 N–H and O–H groups in total. The van der Waals surface area contributed by atoms with Crippen molar-refractivity contribution in [2.45, 2.75) is 25.4 Å². The molecule has 0 bridgehead atoms. The second kappa shape index (κ2) is 4.88. The molecule has 2 aromatic heterocycles. The molecule has 0 aliphatic heterocycles. The molecule has 0 aromatic carbocycles. The van der Waals surface area contributed by atoms with Gasteiger partial charge in [0.2, 0.25) is 5.76 Å². The van der Waals surface area contributed by atoms with Gasteiger partial charge in [0.1, 0.15) is 5.76 Å². The summed E-state index contributed by atoms with van der Waals surface area (Å²) in [6, 6.07) is 6.41. The summed E-state index contributed by atoms with van der Waals surface area (Å²) in [5, 5.41) is 8.81. The van der Waals surface area contributed by atoms with Crippen molar-refractivity contribution < 1.29 is 23.5 Å². The van der Waals surface area contributed by atoms with Crippen molar-refractivity contribution in [3.8, 4) is 0 Å². The van der Waals surface area contributed by atoms with E-state index in [4.69, 9.17) is 13.9 Å². The normalized spacial score (nSPS) is 14.2. The fourth-order valence-electron chi connectivity index (χ4n) is 2.03. The fourth-order valence-corrected chi connectivity index (χ4v) is 2.03. The zero-order chi connectivity index (χ0) is 14.1. The van der Waals surface area contributed by atoms with E-state index in [-0.39, 0.29) is 23.5 Å². The molecule has 20 heavy (non-hydrogen) atoms. The molecular formula is C14H13NO5. The van der Waals surface area contributed by atoms with Gasteiger partial charge in [0, 0.05) is 6.04 Å². The van der Waals surface area contributed by atoms with Crippen LogP contribution < -0.4 is 0 Å². The molecular weight excluding hydrogens is 262 g/mol. The van der Waals surface area contributed by atoms with Crippen LogP contribution in [0.15, 0.2) is 39.4 Å². The Morgan fingerprint density at radius 2 is 2.00 bits per heavy atom. The van der Waals surface area contributed by atoms with Crippen LogP contribution in [0.3, 0.4) is 0 Å². The first-order valence-electron chi connectivity index (χ1n) is 6.31. The minimum atomic E-state index is -1.19. The van der Waals surface area contributed by atoms with E-state index in [1.54, 1.807) is 23.3 Å². The van der Waals surface area contributed by atoms with E-state index in [9.17, 15) is 9.59 Å². The van der Waals surface area contributed by atoms with Crippen LogP contribution >= 0.6 is 0 Å². The summed E-state index contributed by atoms with van der Waals surface area (Å²) in [5.74, 6) is -0.998. The van der Waals surface area contributed by atoms with Gasteiger partial charge in [-0.05, 0) is 37.1 Å². The molecule has 1 amide bonds. The number of hydrogen-bond donors (Lipinski definition) is 1. The Kier molecular flexibility index (Phi) is 3.06. The highest BCUT2D eigenvalue weighted by Crippen LogP contribution is 2.30. The summed E-state index contributed by atoms with van der Waals surface area (Å²) < 4.78 is 10.3. The van der Waals surface area contributed by atoms with Crippen molar-refractivity contribution in [2.24, 2.45) is 0 Å². The topological polar surface area (TPSA) is 83.9 Å². The van der Waals surface area contributed by atoms with Crippen molar-refractivity contribution in [1.82, 2.24) is 4.90 Å².